The molecule has 0 saturated carbocycles. The Kier molecular flexibility index (Phi) is 5.25. The van der Waals surface area contributed by atoms with E-state index in [2.05, 4.69) is 5.32 Å². The fraction of sp³-hybridized carbons (Fsp3) is 0.818. The summed E-state index contributed by atoms with van der Waals surface area (Å²) in [5, 5.41) is 11.2. The summed E-state index contributed by atoms with van der Waals surface area (Å²) >= 11 is 0. The van der Waals surface area contributed by atoms with Gasteiger partial charge in [0.25, 0.3) is 0 Å². The molecular weight excluding hydrogens is 210 g/mol. The Hall–Kier alpha value is -1.10. The van der Waals surface area contributed by atoms with Gasteiger partial charge in [-0.25, -0.2) is 0 Å². The largest absolute Gasteiger partial charge is 0.481 e. The average Bonchev–Trinajstić information content (AvgIpc) is 2.65. The molecule has 92 valence electrons. The predicted molar refractivity (Wildman–Crippen MR) is 58.0 cm³/mol. The Labute approximate surface area is 95.2 Å². The summed E-state index contributed by atoms with van der Waals surface area (Å²) in [5.41, 5.74) is 0. The molecule has 0 aromatic carbocycles. The summed E-state index contributed by atoms with van der Waals surface area (Å²) in [6.45, 7) is 3.24. The lowest BCUT2D eigenvalue weighted by molar-refractivity contribution is -0.137. The van der Waals surface area contributed by atoms with E-state index < -0.39 is 5.97 Å². The third-order valence-electron chi connectivity index (χ3n) is 2.69. The molecule has 1 aliphatic rings. The molecule has 0 aromatic heterocycles. The van der Waals surface area contributed by atoms with Crippen LogP contribution >= 0.6 is 0 Å². The van der Waals surface area contributed by atoms with Crippen molar-refractivity contribution in [2.45, 2.75) is 38.6 Å². The molecule has 0 aliphatic carbocycles. The van der Waals surface area contributed by atoms with E-state index >= 15 is 0 Å². The molecule has 1 heterocycles. The summed E-state index contributed by atoms with van der Waals surface area (Å²) < 4.78 is 5.21. The van der Waals surface area contributed by atoms with Crippen molar-refractivity contribution < 1.29 is 19.4 Å². The standard InChI is InChI=1S/C11H19NO4/c1-8(6-11(14)15)12-10(13)3-2-9-4-5-16-7-9/h8-9H,2-7H2,1H3,(H,12,13)(H,14,15). The van der Waals surface area contributed by atoms with E-state index in [1.807, 2.05) is 0 Å². The van der Waals surface area contributed by atoms with E-state index in [4.69, 9.17) is 9.84 Å². The summed E-state index contributed by atoms with van der Waals surface area (Å²) in [7, 11) is 0. The summed E-state index contributed by atoms with van der Waals surface area (Å²) in [5.74, 6) is -0.474. The van der Waals surface area contributed by atoms with Gasteiger partial charge in [-0.15, -0.1) is 0 Å². The first kappa shape index (κ1) is 13.0. The molecule has 1 fully saturated rings. The molecule has 1 aliphatic heterocycles. The third-order valence-corrected chi connectivity index (χ3v) is 2.69. The highest BCUT2D eigenvalue weighted by Crippen LogP contribution is 2.17. The Morgan fingerprint density at radius 3 is 2.88 bits per heavy atom. The highest BCUT2D eigenvalue weighted by molar-refractivity contribution is 5.77. The number of carboxylic acid groups (broad SMARTS) is 1. The van der Waals surface area contributed by atoms with Crippen molar-refractivity contribution in [3.63, 3.8) is 0 Å². The van der Waals surface area contributed by atoms with Crippen LogP contribution in [0.4, 0.5) is 0 Å². The topological polar surface area (TPSA) is 75.6 Å². The van der Waals surface area contributed by atoms with Gasteiger partial charge in [0.15, 0.2) is 0 Å². The Balaban J connectivity index is 2.12. The maximum Gasteiger partial charge on any atom is 0.305 e. The Morgan fingerprint density at radius 1 is 1.56 bits per heavy atom. The van der Waals surface area contributed by atoms with Gasteiger partial charge in [0.2, 0.25) is 5.91 Å². The van der Waals surface area contributed by atoms with Gasteiger partial charge >= 0.3 is 5.97 Å². The van der Waals surface area contributed by atoms with Crippen LogP contribution in [0.1, 0.15) is 32.6 Å². The SMILES string of the molecule is CC(CC(=O)O)NC(=O)CCC1CCOC1. The lowest BCUT2D eigenvalue weighted by atomic mass is 10.0. The molecule has 2 unspecified atom stereocenters. The van der Waals surface area contributed by atoms with Gasteiger partial charge in [0, 0.05) is 25.7 Å². The van der Waals surface area contributed by atoms with E-state index in [0.29, 0.717) is 12.3 Å². The number of hydrogen-bond acceptors (Lipinski definition) is 3. The number of aliphatic carboxylic acids is 1. The smallest absolute Gasteiger partial charge is 0.305 e. The van der Waals surface area contributed by atoms with Gasteiger partial charge in [-0.1, -0.05) is 0 Å². The lowest BCUT2D eigenvalue weighted by Gasteiger charge is -2.12. The molecule has 16 heavy (non-hydrogen) atoms. The molecule has 1 saturated heterocycles. The zero-order valence-corrected chi connectivity index (χ0v) is 9.57. The van der Waals surface area contributed by atoms with Gasteiger partial charge < -0.3 is 15.2 Å². The molecule has 0 spiro atoms. The second kappa shape index (κ2) is 6.48. The monoisotopic (exact) mass is 229 g/mol. The van der Waals surface area contributed by atoms with Crippen molar-refractivity contribution >= 4 is 11.9 Å². The first-order chi connectivity index (χ1) is 7.58. The zero-order valence-electron chi connectivity index (χ0n) is 9.57. The number of carbonyl (C=O) groups is 2. The highest BCUT2D eigenvalue weighted by atomic mass is 16.5. The van der Waals surface area contributed by atoms with Crippen molar-refractivity contribution in [1.82, 2.24) is 5.32 Å². The normalized spacial score (nSPS) is 21.7. The summed E-state index contributed by atoms with van der Waals surface area (Å²) in [4.78, 5) is 21.8. The molecule has 0 radical (unpaired) electrons. The average molecular weight is 229 g/mol. The van der Waals surface area contributed by atoms with Crippen LogP contribution in [-0.4, -0.2) is 36.2 Å². The van der Waals surface area contributed by atoms with Crippen LogP contribution in [-0.2, 0) is 14.3 Å². The van der Waals surface area contributed by atoms with Gasteiger partial charge in [0.05, 0.1) is 6.42 Å². The lowest BCUT2D eigenvalue weighted by Crippen LogP contribution is -2.34. The molecule has 0 bridgehead atoms. The maximum absolute atomic E-state index is 11.4. The minimum atomic E-state index is -0.892. The van der Waals surface area contributed by atoms with Crippen LogP contribution in [0.5, 0.6) is 0 Å². The number of nitrogens with one attached hydrogen (secondary N) is 1. The predicted octanol–water partition coefficient (Wildman–Crippen LogP) is 0.782. The van der Waals surface area contributed by atoms with E-state index in [1.54, 1.807) is 6.92 Å². The molecule has 1 amide bonds. The maximum atomic E-state index is 11.4. The van der Waals surface area contributed by atoms with Crippen molar-refractivity contribution in [2.75, 3.05) is 13.2 Å². The van der Waals surface area contributed by atoms with Crippen LogP contribution in [0.15, 0.2) is 0 Å². The molecule has 5 heteroatoms. The first-order valence-corrected chi connectivity index (χ1v) is 5.67. The van der Waals surface area contributed by atoms with Crippen LogP contribution in [0, 0.1) is 5.92 Å². The van der Waals surface area contributed by atoms with Crippen molar-refractivity contribution in [3.8, 4) is 0 Å². The highest BCUT2D eigenvalue weighted by Gasteiger charge is 2.17. The Morgan fingerprint density at radius 2 is 2.31 bits per heavy atom. The van der Waals surface area contributed by atoms with Crippen LogP contribution in [0.25, 0.3) is 0 Å². The van der Waals surface area contributed by atoms with Crippen LogP contribution < -0.4 is 5.32 Å². The minimum Gasteiger partial charge on any atom is -0.481 e. The number of carbonyl (C=O) groups excluding carboxylic acids is 1. The first-order valence-electron chi connectivity index (χ1n) is 5.67. The van der Waals surface area contributed by atoms with Crippen molar-refractivity contribution in [1.29, 1.82) is 0 Å². The van der Waals surface area contributed by atoms with E-state index in [0.717, 1.165) is 26.1 Å². The second-order valence-electron chi connectivity index (χ2n) is 4.33. The van der Waals surface area contributed by atoms with Crippen LogP contribution in [0.2, 0.25) is 0 Å². The van der Waals surface area contributed by atoms with Gasteiger partial charge in [-0.3, -0.25) is 9.59 Å². The van der Waals surface area contributed by atoms with E-state index in [-0.39, 0.29) is 18.4 Å². The molecule has 5 nitrogen and oxygen atoms in total. The van der Waals surface area contributed by atoms with Crippen molar-refractivity contribution in [3.05, 3.63) is 0 Å². The van der Waals surface area contributed by atoms with Crippen molar-refractivity contribution in [2.24, 2.45) is 5.92 Å². The molecule has 2 atom stereocenters. The summed E-state index contributed by atoms with van der Waals surface area (Å²) in [6, 6.07) is -0.301. The number of carboxylic acids is 1. The van der Waals surface area contributed by atoms with E-state index in [1.165, 1.54) is 0 Å². The van der Waals surface area contributed by atoms with Crippen LogP contribution in [0.3, 0.4) is 0 Å². The molecule has 2 N–H and O–H groups in total. The molecular formula is C11H19NO4. The van der Waals surface area contributed by atoms with Gasteiger partial charge in [-0.2, -0.15) is 0 Å². The molecule has 1 rings (SSSR count). The fourth-order valence-electron chi connectivity index (χ4n) is 1.81. The quantitative estimate of drug-likeness (QED) is 0.705. The van der Waals surface area contributed by atoms with Gasteiger partial charge in [-0.05, 0) is 25.7 Å². The number of amides is 1. The van der Waals surface area contributed by atoms with Gasteiger partial charge in [0.1, 0.15) is 0 Å². The summed E-state index contributed by atoms with van der Waals surface area (Å²) in [6.07, 6.45) is 2.28. The molecule has 0 aromatic rings. The number of rotatable bonds is 6. The fourth-order valence-corrected chi connectivity index (χ4v) is 1.81. The Bertz CT molecular complexity index is 248. The zero-order chi connectivity index (χ0) is 12.0. The number of hydrogen-bond donors (Lipinski definition) is 2. The third kappa shape index (κ3) is 5.11. The second-order valence-corrected chi connectivity index (χ2v) is 4.33. The minimum absolute atomic E-state index is 0.0295. The number of ether oxygens (including phenoxy) is 1. The van der Waals surface area contributed by atoms with E-state index in [9.17, 15) is 9.59 Å².